The highest BCUT2D eigenvalue weighted by Crippen LogP contribution is 2.29. The van der Waals surface area contributed by atoms with Gasteiger partial charge in [-0.1, -0.05) is 0 Å². The summed E-state index contributed by atoms with van der Waals surface area (Å²) in [6, 6.07) is 7.62. The summed E-state index contributed by atoms with van der Waals surface area (Å²) in [6.45, 7) is 1.04. The van der Waals surface area contributed by atoms with Crippen molar-refractivity contribution < 1.29 is 22.7 Å². The Bertz CT molecular complexity index is 1050. The zero-order valence-corrected chi connectivity index (χ0v) is 18.6. The molecule has 1 aliphatic heterocycles. The molecule has 1 aliphatic rings. The van der Waals surface area contributed by atoms with Gasteiger partial charge in [0.05, 0.1) is 23.3 Å². The van der Waals surface area contributed by atoms with Crippen LogP contribution in [0.4, 0.5) is 11.5 Å². The molecule has 1 amide bonds. The van der Waals surface area contributed by atoms with Crippen molar-refractivity contribution in [2.45, 2.75) is 17.7 Å². The Labute approximate surface area is 182 Å². The molecule has 30 heavy (non-hydrogen) atoms. The summed E-state index contributed by atoms with van der Waals surface area (Å²) in [5.74, 6) is -0.479. The van der Waals surface area contributed by atoms with Gasteiger partial charge in [0.2, 0.25) is 15.9 Å². The number of hydrogen-bond donors (Lipinski definition) is 2. The van der Waals surface area contributed by atoms with E-state index >= 15 is 0 Å². The number of methoxy groups -OCH3 is 1. The Balaban J connectivity index is 1.71. The third-order valence-electron chi connectivity index (χ3n) is 4.89. The molecule has 9 nitrogen and oxygen atoms in total. The quantitative estimate of drug-likeness (QED) is 0.605. The van der Waals surface area contributed by atoms with Crippen molar-refractivity contribution in [3.63, 3.8) is 0 Å². The first-order valence-electron chi connectivity index (χ1n) is 9.11. The van der Waals surface area contributed by atoms with Crippen molar-refractivity contribution in [2.24, 2.45) is 11.1 Å². The summed E-state index contributed by atoms with van der Waals surface area (Å²) in [5, 5.41) is 7.99. The lowest BCUT2D eigenvalue weighted by Gasteiger charge is -2.34. The summed E-state index contributed by atoms with van der Waals surface area (Å²) in [4.78, 5) is 30.6. The second-order valence-corrected chi connectivity index (χ2v) is 9.30. The van der Waals surface area contributed by atoms with Crippen LogP contribution in [0.2, 0.25) is 0 Å². The van der Waals surface area contributed by atoms with Gasteiger partial charge in [-0.3, -0.25) is 4.79 Å². The largest absolute Gasteiger partial charge is 0.465 e. The number of carbonyl (C=O) groups is 2. The summed E-state index contributed by atoms with van der Waals surface area (Å²) in [5.41, 5.74) is 0.661. The van der Waals surface area contributed by atoms with Crippen LogP contribution in [0.15, 0.2) is 45.9 Å². The van der Waals surface area contributed by atoms with E-state index in [0.717, 1.165) is 4.47 Å². The Morgan fingerprint density at radius 2 is 1.93 bits per heavy atom. The molecule has 2 heterocycles. The number of ether oxygens (including phenoxy) is 1. The number of nitrogens with two attached hydrogens (primary N) is 1. The highest BCUT2D eigenvalue weighted by atomic mass is 79.9. The lowest BCUT2D eigenvalue weighted by atomic mass is 9.95. The number of sulfonamides is 1. The first-order chi connectivity index (χ1) is 14.2. The predicted molar refractivity (Wildman–Crippen MR) is 115 cm³/mol. The van der Waals surface area contributed by atoms with Gasteiger partial charge in [0.25, 0.3) is 0 Å². The fraction of sp³-hybridized carbons (Fsp3) is 0.316. The number of pyridine rings is 1. The molecule has 2 aromatic rings. The van der Waals surface area contributed by atoms with Gasteiger partial charge >= 0.3 is 5.97 Å². The van der Waals surface area contributed by atoms with Crippen LogP contribution in [0.25, 0.3) is 0 Å². The standard InChI is InChI=1S/C19H21BrN4O5S/c1-29-19(26)15-10-14(30(21,27)28)3-4-16(15)24-8-6-12(7-9-24)18(25)23-17-5-2-13(20)11-22-17/h2-5,10-12H,6-9H2,1H3,(H2,21,27,28)(H,22,23,25). The number of piperidine rings is 1. The third kappa shape index (κ3) is 5.15. The number of carbonyl (C=O) groups excluding carboxylic acids is 2. The maximum atomic E-state index is 12.5. The molecule has 1 aromatic carbocycles. The molecule has 0 saturated carbocycles. The minimum atomic E-state index is -3.96. The van der Waals surface area contributed by atoms with E-state index in [2.05, 4.69) is 26.2 Å². The molecule has 3 rings (SSSR count). The van der Waals surface area contributed by atoms with E-state index in [0.29, 0.717) is 37.4 Å². The SMILES string of the molecule is COC(=O)c1cc(S(N)(=O)=O)ccc1N1CCC(C(=O)Nc2ccc(Br)cn2)CC1. The molecular formula is C19H21BrN4O5S. The average molecular weight is 497 g/mol. The number of nitrogens with one attached hydrogen (secondary N) is 1. The number of nitrogens with zero attached hydrogens (tertiary/aromatic N) is 2. The summed E-state index contributed by atoms with van der Waals surface area (Å²) < 4.78 is 28.9. The van der Waals surface area contributed by atoms with Gasteiger partial charge in [-0.2, -0.15) is 0 Å². The number of hydrogen-bond acceptors (Lipinski definition) is 7. The van der Waals surface area contributed by atoms with E-state index in [-0.39, 0.29) is 22.3 Å². The molecule has 0 aliphatic carbocycles. The Hall–Kier alpha value is -2.50. The summed E-state index contributed by atoms with van der Waals surface area (Å²) in [6.07, 6.45) is 2.75. The molecule has 0 unspecified atom stereocenters. The maximum absolute atomic E-state index is 12.5. The smallest absolute Gasteiger partial charge is 0.340 e. The Kier molecular flexibility index (Phi) is 6.74. The summed E-state index contributed by atoms with van der Waals surface area (Å²) >= 11 is 3.30. The molecular weight excluding hydrogens is 476 g/mol. The van der Waals surface area contributed by atoms with Crippen molar-refractivity contribution in [3.05, 3.63) is 46.6 Å². The molecule has 0 atom stereocenters. The topological polar surface area (TPSA) is 132 Å². The van der Waals surface area contributed by atoms with Crippen LogP contribution < -0.4 is 15.4 Å². The monoisotopic (exact) mass is 496 g/mol. The lowest BCUT2D eigenvalue weighted by molar-refractivity contribution is -0.120. The number of anilines is 2. The van der Waals surface area contributed by atoms with Crippen LogP contribution in [0.1, 0.15) is 23.2 Å². The van der Waals surface area contributed by atoms with Gasteiger partial charge in [0.15, 0.2) is 0 Å². The van der Waals surface area contributed by atoms with Crippen LogP contribution in [-0.4, -0.2) is 45.5 Å². The van der Waals surface area contributed by atoms with Gasteiger partial charge in [-0.15, -0.1) is 0 Å². The fourth-order valence-corrected chi connectivity index (χ4v) is 4.08. The number of halogens is 1. The number of amides is 1. The van der Waals surface area contributed by atoms with Crippen LogP contribution in [0, 0.1) is 5.92 Å². The van der Waals surface area contributed by atoms with E-state index < -0.39 is 16.0 Å². The van der Waals surface area contributed by atoms with E-state index in [1.165, 1.54) is 25.3 Å². The molecule has 1 saturated heterocycles. The lowest BCUT2D eigenvalue weighted by Crippen LogP contribution is -2.39. The van der Waals surface area contributed by atoms with Crippen molar-refractivity contribution in [1.29, 1.82) is 0 Å². The van der Waals surface area contributed by atoms with E-state index in [4.69, 9.17) is 9.88 Å². The zero-order chi connectivity index (χ0) is 21.9. The van der Waals surface area contributed by atoms with E-state index in [1.54, 1.807) is 18.3 Å². The maximum Gasteiger partial charge on any atom is 0.340 e. The third-order valence-corrected chi connectivity index (χ3v) is 6.27. The molecule has 0 bridgehead atoms. The number of esters is 1. The first-order valence-corrected chi connectivity index (χ1v) is 11.5. The summed E-state index contributed by atoms with van der Waals surface area (Å²) in [7, 11) is -2.73. The van der Waals surface area contributed by atoms with Gasteiger partial charge in [-0.05, 0) is 59.1 Å². The van der Waals surface area contributed by atoms with Crippen molar-refractivity contribution in [2.75, 3.05) is 30.4 Å². The Morgan fingerprint density at radius 3 is 2.50 bits per heavy atom. The molecule has 0 spiro atoms. The Morgan fingerprint density at radius 1 is 1.23 bits per heavy atom. The van der Waals surface area contributed by atoms with Crippen LogP contribution in [-0.2, 0) is 19.6 Å². The van der Waals surface area contributed by atoms with Crippen molar-refractivity contribution in [3.8, 4) is 0 Å². The van der Waals surface area contributed by atoms with Crippen molar-refractivity contribution >= 4 is 49.3 Å². The zero-order valence-electron chi connectivity index (χ0n) is 16.2. The molecule has 1 fully saturated rings. The normalized spacial score (nSPS) is 15.0. The second-order valence-electron chi connectivity index (χ2n) is 6.83. The average Bonchev–Trinajstić information content (AvgIpc) is 2.74. The molecule has 160 valence electrons. The number of primary sulfonamides is 1. The highest BCUT2D eigenvalue weighted by Gasteiger charge is 2.28. The van der Waals surface area contributed by atoms with Crippen molar-refractivity contribution in [1.82, 2.24) is 4.98 Å². The van der Waals surface area contributed by atoms with Gasteiger partial charge in [0.1, 0.15) is 5.82 Å². The van der Waals surface area contributed by atoms with Gasteiger partial charge in [-0.25, -0.2) is 23.3 Å². The second kappa shape index (κ2) is 9.11. The fourth-order valence-electron chi connectivity index (χ4n) is 3.30. The number of rotatable bonds is 5. The predicted octanol–water partition coefficient (Wildman–Crippen LogP) is 2.13. The molecule has 0 radical (unpaired) electrons. The van der Waals surface area contributed by atoms with E-state index in [9.17, 15) is 18.0 Å². The minimum Gasteiger partial charge on any atom is -0.465 e. The van der Waals surface area contributed by atoms with Gasteiger partial charge in [0, 0.05) is 29.7 Å². The minimum absolute atomic E-state index is 0.109. The molecule has 3 N–H and O–H groups in total. The van der Waals surface area contributed by atoms with E-state index in [1.807, 2.05) is 4.90 Å². The number of benzene rings is 1. The molecule has 1 aromatic heterocycles. The van der Waals surface area contributed by atoms with Gasteiger partial charge < -0.3 is 15.0 Å². The highest BCUT2D eigenvalue weighted by molar-refractivity contribution is 9.10. The number of aromatic nitrogens is 1. The molecule has 11 heteroatoms. The first kappa shape index (κ1) is 22.2. The van der Waals surface area contributed by atoms with Crippen LogP contribution in [0.3, 0.4) is 0 Å². The van der Waals surface area contributed by atoms with Crippen LogP contribution in [0.5, 0.6) is 0 Å². The van der Waals surface area contributed by atoms with Crippen LogP contribution >= 0.6 is 15.9 Å².